The quantitative estimate of drug-likeness (QED) is 0.571. The van der Waals surface area contributed by atoms with Gasteiger partial charge in [0, 0.05) is 19.2 Å². The predicted octanol–water partition coefficient (Wildman–Crippen LogP) is 2.49. The third-order valence-electron chi connectivity index (χ3n) is 4.02. The molecule has 0 aliphatic rings. The molecule has 0 spiro atoms. The van der Waals surface area contributed by atoms with Crippen LogP contribution in [0.25, 0.3) is 16.3 Å². The van der Waals surface area contributed by atoms with E-state index in [1.807, 2.05) is 42.9 Å². The Morgan fingerprint density at radius 1 is 1.17 bits per heavy atom. The van der Waals surface area contributed by atoms with Gasteiger partial charge in [-0.05, 0) is 24.6 Å². The zero-order valence-corrected chi connectivity index (χ0v) is 14.4. The fraction of sp³-hybridized carbons (Fsp3) is 0.250. The van der Waals surface area contributed by atoms with Gasteiger partial charge < -0.3 is 4.74 Å². The highest BCUT2D eigenvalue weighted by Crippen LogP contribution is 2.25. The van der Waals surface area contributed by atoms with Gasteiger partial charge in [-0.15, -0.1) is 10.2 Å². The summed E-state index contributed by atoms with van der Waals surface area (Å²) in [5, 5.41) is 18.5. The Hall–Kier alpha value is -2.74. The average molecular weight is 340 g/mol. The van der Waals surface area contributed by atoms with E-state index in [9.17, 15) is 0 Å². The first kappa shape index (κ1) is 14.8. The average Bonchev–Trinajstić information content (AvgIpc) is 3.24. The molecule has 0 atom stereocenters. The second-order valence-electron chi connectivity index (χ2n) is 5.51. The number of aryl methyl sites for hydroxylation is 1. The van der Waals surface area contributed by atoms with Crippen LogP contribution in [0.1, 0.15) is 16.3 Å². The predicted molar refractivity (Wildman–Crippen MR) is 91.4 cm³/mol. The lowest BCUT2D eigenvalue weighted by Gasteiger charge is -2.01. The molecule has 4 rings (SSSR count). The minimum absolute atomic E-state index is 0.729. The van der Waals surface area contributed by atoms with Crippen molar-refractivity contribution in [3.63, 3.8) is 0 Å². The third kappa shape index (κ3) is 2.44. The molecule has 0 bridgehead atoms. The number of hydrogen-bond acceptors (Lipinski definition) is 6. The van der Waals surface area contributed by atoms with Crippen molar-refractivity contribution in [2.45, 2.75) is 13.3 Å². The Morgan fingerprint density at radius 3 is 2.62 bits per heavy atom. The molecule has 7 nitrogen and oxygen atoms in total. The van der Waals surface area contributed by atoms with Crippen LogP contribution in [0.3, 0.4) is 0 Å². The van der Waals surface area contributed by atoms with E-state index in [1.54, 1.807) is 29.2 Å². The van der Waals surface area contributed by atoms with Crippen LogP contribution in [0.2, 0.25) is 0 Å². The summed E-state index contributed by atoms with van der Waals surface area (Å²) in [6, 6.07) is 8.01. The van der Waals surface area contributed by atoms with Gasteiger partial charge in [0.25, 0.3) is 0 Å². The summed E-state index contributed by atoms with van der Waals surface area (Å²) in [4.78, 5) is 0.789. The first-order valence-corrected chi connectivity index (χ1v) is 8.30. The maximum Gasteiger partial charge on any atom is 0.234 e. The van der Waals surface area contributed by atoms with E-state index in [0.29, 0.717) is 0 Å². The molecule has 4 aromatic rings. The monoisotopic (exact) mass is 340 g/mol. The summed E-state index contributed by atoms with van der Waals surface area (Å²) in [5.41, 5.74) is 3.17. The molecular weight excluding hydrogens is 324 g/mol. The SMILES string of the molecule is COc1ccc(Cc2nn3c(-c4cnn(C)c4C)nnc3s2)cc1. The molecule has 0 N–H and O–H groups in total. The lowest BCUT2D eigenvalue weighted by atomic mass is 10.1. The van der Waals surface area contributed by atoms with Crippen molar-refractivity contribution in [1.29, 1.82) is 0 Å². The van der Waals surface area contributed by atoms with Gasteiger partial charge in [0.05, 0.1) is 18.9 Å². The molecule has 0 aliphatic heterocycles. The van der Waals surface area contributed by atoms with Gasteiger partial charge in [0.1, 0.15) is 10.8 Å². The number of methoxy groups -OCH3 is 1. The minimum Gasteiger partial charge on any atom is -0.497 e. The Morgan fingerprint density at radius 2 is 1.96 bits per heavy atom. The van der Waals surface area contributed by atoms with E-state index >= 15 is 0 Å². The molecule has 3 aromatic heterocycles. The Labute approximate surface area is 142 Å². The number of benzene rings is 1. The molecule has 0 aliphatic carbocycles. The first-order valence-electron chi connectivity index (χ1n) is 7.48. The number of fused-ring (bicyclic) bond motifs is 1. The molecule has 122 valence electrons. The maximum absolute atomic E-state index is 5.19. The number of hydrogen-bond donors (Lipinski definition) is 0. The third-order valence-corrected chi connectivity index (χ3v) is 4.92. The van der Waals surface area contributed by atoms with Crippen LogP contribution in [0.5, 0.6) is 5.75 Å². The largest absolute Gasteiger partial charge is 0.497 e. The van der Waals surface area contributed by atoms with Crippen molar-refractivity contribution in [3.8, 4) is 17.1 Å². The second kappa shape index (κ2) is 5.72. The van der Waals surface area contributed by atoms with Gasteiger partial charge in [-0.3, -0.25) is 4.68 Å². The van der Waals surface area contributed by atoms with E-state index in [1.165, 1.54) is 5.56 Å². The van der Waals surface area contributed by atoms with Crippen molar-refractivity contribution < 1.29 is 4.74 Å². The van der Waals surface area contributed by atoms with E-state index in [0.717, 1.165) is 39.2 Å². The number of aromatic nitrogens is 6. The van der Waals surface area contributed by atoms with Crippen LogP contribution in [0.4, 0.5) is 0 Å². The Balaban J connectivity index is 1.67. The molecule has 8 heteroatoms. The highest BCUT2D eigenvalue weighted by molar-refractivity contribution is 7.16. The molecule has 1 aromatic carbocycles. The zero-order chi connectivity index (χ0) is 16.7. The lowest BCUT2D eigenvalue weighted by molar-refractivity contribution is 0.414. The summed E-state index contributed by atoms with van der Waals surface area (Å²) in [6.07, 6.45) is 2.55. The van der Waals surface area contributed by atoms with Crippen LogP contribution >= 0.6 is 11.3 Å². The fourth-order valence-electron chi connectivity index (χ4n) is 2.53. The van der Waals surface area contributed by atoms with Gasteiger partial charge in [-0.25, -0.2) is 0 Å². The van der Waals surface area contributed by atoms with Crippen LogP contribution < -0.4 is 4.74 Å². The van der Waals surface area contributed by atoms with Gasteiger partial charge in [-0.1, -0.05) is 23.5 Å². The first-order chi connectivity index (χ1) is 11.7. The molecule has 0 saturated heterocycles. The van der Waals surface area contributed by atoms with E-state index in [4.69, 9.17) is 4.74 Å². The normalized spacial score (nSPS) is 11.3. The van der Waals surface area contributed by atoms with E-state index in [-0.39, 0.29) is 0 Å². The topological polar surface area (TPSA) is 70.1 Å². The van der Waals surface area contributed by atoms with Gasteiger partial charge in [-0.2, -0.15) is 14.7 Å². The fourth-order valence-corrected chi connectivity index (χ4v) is 3.40. The summed E-state index contributed by atoms with van der Waals surface area (Å²) < 4.78 is 8.81. The van der Waals surface area contributed by atoms with Gasteiger partial charge in [0.15, 0.2) is 5.82 Å². The van der Waals surface area contributed by atoms with E-state index < -0.39 is 0 Å². The Kier molecular flexibility index (Phi) is 3.53. The lowest BCUT2D eigenvalue weighted by Crippen LogP contribution is -1.96. The molecule has 0 unspecified atom stereocenters. The summed E-state index contributed by atoms with van der Waals surface area (Å²) in [5.74, 6) is 1.58. The number of rotatable bonds is 4. The molecule has 0 fully saturated rings. The van der Waals surface area contributed by atoms with Gasteiger partial charge >= 0.3 is 0 Å². The van der Waals surface area contributed by atoms with Crippen molar-refractivity contribution in [2.24, 2.45) is 7.05 Å². The summed E-state index contributed by atoms with van der Waals surface area (Å²) in [6.45, 7) is 2.01. The summed E-state index contributed by atoms with van der Waals surface area (Å²) >= 11 is 1.55. The van der Waals surface area contributed by atoms with Crippen LogP contribution in [-0.4, -0.2) is 36.7 Å². The summed E-state index contributed by atoms with van der Waals surface area (Å²) in [7, 11) is 3.58. The van der Waals surface area contributed by atoms with Crippen LogP contribution in [0, 0.1) is 6.92 Å². The molecule has 0 saturated carbocycles. The smallest absolute Gasteiger partial charge is 0.234 e. The van der Waals surface area contributed by atoms with E-state index in [2.05, 4.69) is 20.4 Å². The number of nitrogens with zero attached hydrogens (tertiary/aromatic N) is 6. The van der Waals surface area contributed by atoms with Crippen LogP contribution in [-0.2, 0) is 13.5 Å². The van der Waals surface area contributed by atoms with Crippen molar-refractivity contribution in [3.05, 3.63) is 46.7 Å². The molecular formula is C16H16N6OS. The standard InChI is InChI=1S/C16H16N6OS/c1-10-13(9-17-21(10)2)15-18-19-16-22(15)20-14(24-16)8-11-4-6-12(23-3)7-5-11/h4-7,9H,8H2,1-3H3. The second-order valence-corrected chi connectivity index (χ2v) is 6.55. The maximum atomic E-state index is 5.19. The van der Waals surface area contributed by atoms with Crippen LogP contribution in [0.15, 0.2) is 30.5 Å². The minimum atomic E-state index is 0.729. The van der Waals surface area contributed by atoms with Crippen molar-refractivity contribution in [1.82, 2.24) is 29.6 Å². The highest BCUT2D eigenvalue weighted by Gasteiger charge is 2.17. The molecule has 0 amide bonds. The molecule has 3 heterocycles. The molecule has 0 radical (unpaired) electrons. The van der Waals surface area contributed by atoms with Crippen molar-refractivity contribution >= 4 is 16.3 Å². The highest BCUT2D eigenvalue weighted by atomic mass is 32.1. The van der Waals surface area contributed by atoms with Gasteiger partial charge in [0.2, 0.25) is 4.96 Å². The molecule has 24 heavy (non-hydrogen) atoms. The Bertz CT molecular complexity index is 998. The number of ether oxygens (including phenoxy) is 1. The van der Waals surface area contributed by atoms with Crippen molar-refractivity contribution in [2.75, 3.05) is 7.11 Å². The zero-order valence-electron chi connectivity index (χ0n) is 13.6.